The first-order valence-electron chi connectivity index (χ1n) is 25.1. The van der Waals surface area contributed by atoms with Crippen molar-refractivity contribution in [1.82, 2.24) is 30.0 Å². The van der Waals surface area contributed by atoms with E-state index >= 15 is 0 Å². The van der Waals surface area contributed by atoms with Gasteiger partial charge in [0.2, 0.25) is 5.91 Å². The van der Waals surface area contributed by atoms with Crippen LogP contribution in [-0.4, -0.2) is 105 Å². The number of amides is 4. The Morgan fingerprint density at radius 2 is 1.67 bits per heavy atom. The second-order valence-electron chi connectivity index (χ2n) is 19.5. The number of urea groups is 1. The molecule has 2 saturated heterocycles. The van der Waals surface area contributed by atoms with Gasteiger partial charge >= 0.3 is 12.0 Å². The van der Waals surface area contributed by atoms with E-state index in [1.807, 2.05) is 102 Å². The van der Waals surface area contributed by atoms with E-state index in [-0.39, 0.29) is 30.0 Å². The van der Waals surface area contributed by atoms with Crippen LogP contribution in [0.2, 0.25) is 0 Å². The number of aromatic carboxylic acids is 1. The number of aryl methyl sites for hydroxylation is 1. The van der Waals surface area contributed by atoms with Crippen LogP contribution in [0.15, 0.2) is 91.0 Å². The molecular weight excluding hydrogens is 929 g/mol. The topological polar surface area (TPSA) is 178 Å². The highest BCUT2D eigenvalue weighted by Gasteiger charge is 2.30. The van der Waals surface area contributed by atoms with Crippen LogP contribution in [-0.2, 0) is 24.8 Å². The van der Waals surface area contributed by atoms with Crippen molar-refractivity contribution in [2.75, 3.05) is 65.8 Å². The van der Waals surface area contributed by atoms with Gasteiger partial charge in [-0.1, -0.05) is 47.7 Å². The number of pyridine rings is 1. The van der Waals surface area contributed by atoms with Crippen LogP contribution in [0.3, 0.4) is 0 Å². The van der Waals surface area contributed by atoms with E-state index in [4.69, 9.17) is 9.72 Å². The van der Waals surface area contributed by atoms with Crippen LogP contribution in [0, 0.1) is 12.8 Å². The lowest BCUT2D eigenvalue weighted by Crippen LogP contribution is -2.49. The summed E-state index contributed by atoms with van der Waals surface area (Å²) in [6.07, 6.45) is 7.65. The lowest BCUT2D eigenvalue weighted by molar-refractivity contribution is -0.120. The number of carboxylic acids is 1. The number of carbonyl (C=O) groups is 4. The molecule has 370 valence electrons. The van der Waals surface area contributed by atoms with Crippen molar-refractivity contribution in [2.24, 2.45) is 13.0 Å². The fraction of sp³-hybridized carbons (Fsp3) is 0.364. The maximum Gasteiger partial charge on any atom is 0.355 e. The van der Waals surface area contributed by atoms with Gasteiger partial charge in [0.25, 0.3) is 5.91 Å². The molecule has 0 bridgehead atoms. The minimum atomic E-state index is -1.10. The van der Waals surface area contributed by atoms with E-state index in [9.17, 15) is 24.3 Å². The number of aromatic nitrogens is 4. The number of anilines is 4. The zero-order chi connectivity index (χ0) is 49.5. The summed E-state index contributed by atoms with van der Waals surface area (Å²) in [6, 6.07) is 29.1. The number of nitrogens with zero attached hydrogens (tertiary/aromatic N) is 8. The molecule has 3 N–H and O–H groups in total. The van der Waals surface area contributed by atoms with Gasteiger partial charge < -0.3 is 19.6 Å². The van der Waals surface area contributed by atoms with E-state index in [1.165, 1.54) is 24.2 Å². The molecule has 16 nitrogen and oxygen atoms in total. The highest BCUT2D eigenvalue weighted by Crippen LogP contribution is 2.38. The summed E-state index contributed by atoms with van der Waals surface area (Å²) in [4.78, 5) is 68.7. The molecule has 0 atom stereocenters. The Bertz CT molecular complexity index is 3190. The first-order chi connectivity index (χ1) is 35.0. The molecule has 6 heterocycles. The highest BCUT2D eigenvalue weighted by molar-refractivity contribution is 7.22. The molecule has 3 aromatic heterocycles. The summed E-state index contributed by atoms with van der Waals surface area (Å²) in [5.74, 6) is 0.985. The van der Waals surface area contributed by atoms with Crippen LogP contribution in [0.5, 0.6) is 5.75 Å². The first-order valence-corrected chi connectivity index (χ1v) is 25.9. The van der Waals surface area contributed by atoms with Crippen LogP contribution in [0.1, 0.15) is 82.5 Å². The van der Waals surface area contributed by atoms with E-state index in [0.717, 1.165) is 113 Å². The van der Waals surface area contributed by atoms with Crippen LogP contribution in [0.4, 0.5) is 27.2 Å². The Kier molecular flexibility index (Phi) is 13.1. The molecule has 1 saturated carbocycles. The summed E-state index contributed by atoms with van der Waals surface area (Å²) in [6.45, 7) is 8.36. The minimum Gasteiger partial charge on any atom is -0.490 e. The van der Waals surface area contributed by atoms with E-state index in [1.54, 1.807) is 4.90 Å². The number of hydrogen-bond donors (Lipinski definition) is 3. The Morgan fingerprint density at radius 1 is 0.847 bits per heavy atom. The Labute approximate surface area is 421 Å². The maximum atomic E-state index is 13.7. The van der Waals surface area contributed by atoms with E-state index in [0.29, 0.717) is 59.9 Å². The number of ether oxygens (including phenoxy) is 1. The van der Waals surface area contributed by atoms with Crippen LogP contribution >= 0.6 is 11.3 Å². The number of fused-ring (bicyclic) bond motifs is 3. The molecular formula is C55H58N10O6S. The number of thiazole rings is 1. The number of para-hydroxylation sites is 1. The van der Waals surface area contributed by atoms with Crippen molar-refractivity contribution in [3.8, 4) is 16.9 Å². The molecule has 72 heavy (non-hydrogen) atoms. The number of nitrogens with one attached hydrogen (secondary N) is 2. The minimum absolute atomic E-state index is 0.0208. The van der Waals surface area contributed by atoms with Gasteiger partial charge in [-0.2, -0.15) is 5.10 Å². The van der Waals surface area contributed by atoms with E-state index in [2.05, 4.69) is 42.6 Å². The van der Waals surface area contributed by atoms with Crippen molar-refractivity contribution in [1.29, 1.82) is 0 Å². The largest absolute Gasteiger partial charge is 0.490 e. The van der Waals surface area contributed by atoms with Gasteiger partial charge in [-0.25, -0.2) is 19.6 Å². The van der Waals surface area contributed by atoms with Gasteiger partial charge in [-0.3, -0.25) is 34.7 Å². The molecule has 4 aromatic carbocycles. The molecule has 4 amide bonds. The molecule has 1 aliphatic carbocycles. The number of hydrogen-bond acceptors (Lipinski definition) is 12. The molecule has 3 aliphatic heterocycles. The van der Waals surface area contributed by atoms with Gasteiger partial charge in [-0.05, 0) is 141 Å². The third-order valence-corrected chi connectivity index (χ3v) is 16.0. The zero-order valence-corrected chi connectivity index (χ0v) is 41.4. The van der Waals surface area contributed by atoms with Crippen molar-refractivity contribution in [3.05, 3.63) is 119 Å². The van der Waals surface area contributed by atoms with Crippen LogP contribution in [0.25, 0.3) is 32.2 Å². The van der Waals surface area contributed by atoms with Gasteiger partial charge in [0, 0.05) is 81.5 Å². The Hall–Kier alpha value is -7.37. The normalized spacial score (nSPS) is 18.6. The molecule has 7 aromatic rings. The summed E-state index contributed by atoms with van der Waals surface area (Å²) < 4.78 is 9.50. The smallest absolute Gasteiger partial charge is 0.355 e. The van der Waals surface area contributed by atoms with Crippen molar-refractivity contribution in [3.63, 3.8) is 0 Å². The molecule has 17 heteroatoms. The first kappa shape index (κ1) is 47.0. The fourth-order valence-corrected chi connectivity index (χ4v) is 11.9. The lowest BCUT2D eigenvalue weighted by atomic mass is 9.84. The van der Waals surface area contributed by atoms with Gasteiger partial charge in [0.1, 0.15) is 11.6 Å². The third-order valence-electron chi connectivity index (χ3n) is 15.1. The Morgan fingerprint density at radius 3 is 2.47 bits per heavy atom. The summed E-state index contributed by atoms with van der Waals surface area (Å²) in [7, 11) is 1.89. The Balaban J connectivity index is 0.664. The molecule has 11 rings (SSSR count). The second kappa shape index (κ2) is 20.0. The summed E-state index contributed by atoms with van der Waals surface area (Å²) in [5.41, 5.74) is 7.68. The average molecular weight is 987 g/mol. The van der Waals surface area contributed by atoms with Gasteiger partial charge in [-0.15, -0.1) is 0 Å². The van der Waals surface area contributed by atoms with Crippen molar-refractivity contribution < 1.29 is 29.0 Å². The van der Waals surface area contributed by atoms with Gasteiger partial charge in [0.05, 0.1) is 21.8 Å². The standard InChI is InChI=1S/C55H58N10O6S/c1-34-39(40-21-22-48(57-50(40)53(68)69)64-26-23-36-9-5-11-41(43(36)33-64)52(67)59-54-56-44-12-3-4-14-47(44)72-54)10-6-13-46(34)71-38-18-15-35(16-19-38)8-7-25-62-28-30-63(31-29-62)37-17-20-42-45(32-37)61(2)60-51(42)65-27-24-49(66)58-55(65)70/h3-6,9-14,17,20-22,32,35,38H,7-8,15-16,18-19,23-31,33H2,1-2H3,(H,68,69)(H,56,59,67)(H,58,66,70). The number of piperazine rings is 1. The molecule has 3 fully saturated rings. The quantitative estimate of drug-likeness (QED) is 0.100. The predicted molar refractivity (Wildman–Crippen MR) is 281 cm³/mol. The van der Waals surface area contributed by atoms with E-state index < -0.39 is 12.0 Å². The number of carbonyl (C=O) groups excluding carboxylic acids is 3. The van der Waals surface area contributed by atoms with Gasteiger partial charge in [0.15, 0.2) is 16.6 Å². The summed E-state index contributed by atoms with van der Waals surface area (Å²) >= 11 is 1.44. The molecule has 0 spiro atoms. The molecule has 0 unspecified atom stereocenters. The highest BCUT2D eigenvalue weighted by atomic mass is 32.1. The van der Waals surface area contributed by atoms with Crippen molar-refractivity contribution >= 4 is 78.7 Å². The lowest BCUT2D eigenvalue weighted by Gasteiger charge is -2.36. The van der Waals surface area contributed by atoms with Crippen LogP contribution < -0.4 is 30.1 Å². The SMILES string of the molecule is Cc1c(OC2CCC(CCCN3CCN(c4ccc5c(N6CCC(=O)NC6=O)nn(C)c5c4)CC3)CC2)cccc1-c1ccc(N2CCc3cccc(C(=O)Nc4nc5ccccc5s4)c3C2)nc1C(=O)O. The molecule has 4 aliphatic rings. The average Bonchev–Trinajstić information content (AvgIpc) is 3.96. The molecule has 0 radical (unpaired) electrons. The predicted octanol–water partition coefficient (Wildman–Crippen LogP) is 9.05. The number of carboxylic acid groups (broad SMARTS) is 1. The summed E-state index contributed by atoms with van der Waals surface area (Å²) in [5, 5.41) is 22.0. The zero-order valence-electron chi connectivity index (χ0n) is 40.6. The monoisotopic (exact) mass is 986 g/mol. The maximum absolute atomic E-state index is 13.7. The number of benzene rings is 4. The van der Waals surface area contributed by atoms with Crippen molar-refractivity contribution in [2.45, 2.75) is 70.9 Å². The number of imide groups is 1. The third kappa shape index (κ3) is 9.57. The second-order valence-corrected chi connectivity index (χ2v) is 20.5. The number of rotatable bonds is 13. The fourth-order valence-electron chi connectivity index (χ4n) is 11.1.